The van der Waals surface area contributed by atoms with Crippen LogP contribution in [0, 0.1) is 0 Å². The SMILES string of the molecule is CS(C)(B1N(c2ccccn2)[C@@H](c2ccccc2)[C@H](c2ccccc2)N1c1ccccc1-c1ccccc1)c1ccccc1. The van der Waals surface area contributed by atoms with Gasteiger partial charge in [-0.05, 0) is 52.3 Å². The number of para-hydroxylation sites is 1. The van der Waals surface area contributed by atoms with Crippen LogP contribution in [0.15, 0.2) is 175 Å². The second-order valence-corrected chi connectivity index (χ2v) is 15.3. The molecule has 2 atom stereocenters. The number of hydrogen-bond acceptors (Lipinski definition) is 3. The molecule has 1 fully saturated rings. The van der Waals surface area contributed by atoms with E-state index in [9.17, 15) is 0 Å². The van der Waals surface area contributed by atoms with Crippen LogP contribution in [0.3, 0.4) is 0 Å². The molecule has 0 unspecified atom stereocenters. The van der Waals surface area contributed by atoms with Crippen LogP contribution >= 0.6 is 9.88 Å². The van der Waals surface area contributed by atoms with Crippen molar-refractivity contribution in [2.24, 2.45) is 0 Å². The molecule has 2 heterocycles. The van der Waals surface area contributed by atoms with Crippen LogP contribution in [0.4, 0.5) is 11.5 Å². The normalized spacial score (nSPS) is 17.1. The number of nitrogens with zero attached hydrogens (tertiary/aromatic N) is 3. The lowest BCUT2D eigenvalue weighted by Gasteiger charge is -2.44. The topological polar surface area (TPSA) is 19.4 Å². The Morgan fingerprint density at radius 1 is 0.523 bits per heavy atom. The first-order valence-corrected chi connectivity index (χ1v) is 17.7. The summed E-state index contributed by atoms with van der Waals surface area (Å²) < 4.78 is 0. The van der Waals surface area contributed by atoms with Gasteiger partial charge in [0.1, 0.15) is 5.82 Å². The minimum atomic E-state index is -1.50. The van der Waals surface area contributed by atoms with Gasteiger partial charge < -0.3 is 9.62 Å². The van der Waals surface area contributed by atoms with E-state index in [1.54, 1.807) is 0 Å². The van der Waals surface area contributed by atoms with Gasteiger partial charge in [0.2, 0.25) is 0 Å². The molecule has 1 aliphatic heterocycles. The minimum Gasteiger partial charge on any atom is -0.378 e. The predicted octanol–water partition coefficient (Wildman–Crippen LogP) is 9.67. The van der Waals surface area contributed by atoms with E-state index in [1.807, 2.05) is 12.3 Å². The quantitative estimate of drug-likeness (QED) is 0.173. The predicted molar refractivity (Wildman–Crippen MR) is 189 cm³/mol. The maximum atomic E-state index is 5.04. The lowest BCUT2D eigenvalue weighted by atomic mass is 9.91. The number of pyridine rings is 1. The smallest absolute Gasteiger partial charge is 0.378 e. The molecule has 0 bridgehead atoms. The van der Waals surface area contributed by atoms with E-state index in [0.29, 0.717) is 0 Å². The lowest BCUT2D eigenvalue weighted by Crippen LogP contribution is -2.49. The molecule has 1 aliphatic rings. The fraction of sp³-hybridized carbons (Fsp3) is 0.103. The first-order chi connectivity index (χ1) is 21.6. The molecule has 0 spiro atoms. The van der Waals surface area contributed by atoms with Crippen molar-refractivity contribution in [2.45, 2.75) is 17.0 Å². The fourth-order valence-corrected chi connectivity index (χ4v) is 9.47. The van der Waals surface area contributed by atoms with Gasteiger partial charge in [0.15, 0.2) is 0 Å². The summed E-state index contributed by atoms with van der Waals surface area (Å²) in [5.41, 5.74) is 6.25. The van der Waals surface area contributed by atoms with Gasteiger partial charge in [-0.25, -0.2) is 14.9 Å². The summed E-state index contributed by atoms with van der Waals surface area (Å²) >= 11 is 0. The van der Waals surface area contributed by atoms with Gasteiger partial charge >= 0.3 is 6.26 Å². The van der Waals surface area contributed by atoms with Gasteiger partial charge in [0, 0.05) is 17.4 Å². The Labute approximate surface area is 263 Å². The van der Waals surface area contributed by atoms with E-state index in [2.05, 4.69) is 180 Å². The van der Waals surface area contributed by atoms with E-state index in [0.717, 1.165) is 5.82 Å². The van der Waals surface area contributed by atoms with Gasteiger partial charge in [0.05, 0.1) is 12.1 Å². The maximum absolute atomic E-state index is 5.04. The molecular formula is C39H36BN3S. The lowest BCUT2D eigenvalue weighted by molar-refractivity contribution is 0.616. The summed E-state index contributed by atoms with van der Waals surface area (Å²) in [6.07, 6.45) is 6.87. The molecule has 3 nitrogen and oxygen atoms in total. The Morgan fingerprint density at radius 3 is 1.61 bits per heavy atom. The second kappa shape index (κ2) is 12.1. The van der Waals surface area contributed by atoms with Crippen LogP contribution in [-0.2, 0) is 0 Å². The van der Waals surface area contributed by atoms with Crippen LogP contribution in [-0.4, -0.2) is 23.8 Å². The third-order valence-corrected chi connectivity index (χ3v) is 11.7. The van der Waals surface area contributed by atoms with Crippen molar-refractivity contribution in [2.75, 3.05) is 22.1 Å². The van der Waals surface area contributed by atoms with Crippen molar-refractivity contribution in [3.05, 3.63) is 181 Å². The Morgan fingerprint density at radius 2 is 1.02 bits per heavy atom. The Kier molecular flexibility index (Phi) is 7.72. The first-order valence-electron chi connectivity index (χ1n) is 15.1. The molecule has 0 amide bonds. The molecule has 1 aromatic heterocycles. The van der Waals surface area contributed by atoms with Crippen LogP contribution in [0.25, 0.3) is 11.1 Å². The zero-order chi connectivity index (χ0) is 29.9. The standard InChI is InChI=1S/C39H36BN3S/c1-44(2,34-25-13-6-14-26-34)40-42(36-28-16-15-27-35(36)31-19-7-3-8-20-31)38(32-21-9-4-10-22-32)39(33-23-11-5-12-24-33)43(40)37-29-17-18-30-41-37/h3-30,38-39H,1-2H3/t38-,39-/m0/s1. The molecule has 216 valence electrons. The van der Waals surface area contributed by atoms with Crippen molar-refractivity contribution in [1.29, 1.82) is 0 Å². The highest BCUT2D eigenvalue weighted by molar-refractivity contribution is 8.53. The number of aromatic nitrogens is 1. The van der Waals surface area contributed by atoms with Crippen molar-refractivity contribution < 1.29 is 0 Å². The summed E-state index contributed by atoms with van der Waals surface area (Å²) in [5, 5.41) is 0. The van der Waals surface area contributed by atoms with Crippen molar-refractivity contribution in [3.63, 3.8) is 0 Å². The molecule has 44 heavy (non-hydrogen) atoms. The van der Waals surface area contributed by atoms with Gasteiger partial charge in [-0.2, -0.15) is 0 Å². The number of benzene rings is 5. The Hall–Kier alpha value is -4.74. The highest BCUT2D eigenvalue weighted by Crippen LogP contribution is 2.63. The molecule has 6 aromatic rings. The van der Waals surface area contributed by atoms with E-state index in [1.165, 1.54) is 32.8 Å². The third kappa shape index (κ3) is 5.08. The first kappa shape index (κ1) is 28.1. The molecule has 0 saturated carbocycles. The average molecular weight is 590 g/mol. The largest absolute Gasteiger partial charge is 0.437 e. The van der Waals surface area contributed by atoms with Crippen molar-refractivity contribution >= 4 is 27.6 Å². The monoisotopic (exact) mass is 589 g/mol. The third-order valence-electron chi connectivity index (χ3n) is 8.72. The summed E-state index contributed by atoms with van der Waals surface area (Å²) in [4.78, 5) is 11.8. The van der Waals surface area contributed by atoms with Gasteiger partial charge in [0.25, 0.3) is 0 Å². The maximum Gasteiger partial charge on any atom is 0.437 e. The van der Waals surface area contributed by atoms with Crippen LogP contribution in [0.1, 0.15) is 23.2 Å². The van der Waals surface area contributed by atoms with Gasteiger partial charge in [-0.1, -0.05) is 146 Å². The van der Waals surface area contributed by atoms with Crippen molar-refractivity contribution in [3.8, 4) is 11.1 Å². The highest BCUT2D eigenvalue weighted by Gasteiger charge is 2.57. The van der Waals surface area contributed by atoms with E-state index < -0.39 is 9.88 Å². The van der Waals surface area contributed by atoms with Gasteiger partial charge in [-0.3, -0.25) is 0 Å². The second-order valence-electron chi connectivity index (χ2n) is 11.6. The number of hydrogen-bond donors (Lipinski definition) is 0. The summed E-state index contributed by atoms with van der Waals surface area (Å²) in [6.45, 7) is 0. The zero-order valence-electron chi connectivity index (χ0n) is 25.1. The zero-order valence-corrected chi connectivity index (χ0v) is 26.0. The molecule has 0 aliphatic carbocycles. The molecule has 5 aromatic carbocycles. The fourth-order valence-electron chi connectivity index (χ4n) is 6.75. The Balaban J connectivity index is 1.57. The van der Waals surface area contributed by atoms with Crippen LogP contribution in [0.5, 0.6) is 0 Å². The number of anilines is 2. The average Bonchev–Trinajstić information content (AvgIpc) is 3.47. The van der Waals surface area contributed by atoms with E-state index in [4.69, 9.17) is 4.98 Å². The van der Waals surface area contributed by atoms with E-state index >= 15 is 0 Å². The molecule has 0 radical (unpaired) electrons. The number of rotatable bonds is 7. The van der Waals surface area contributed by atoms with Crippen LogP contribution < -0.4 is 9.62 Å². The minimum absolute atomic E-state index is 0.0000690. The van der Waals surface area contributed by atoms with Crippen LogP contribution in [0.2, 0.25) is 0 Å². The van der Waals surface area contributed by atoms with Gasteiger partial charge in [-0.15, -0.1) is 0 Å². The Bertz CT molecular complexity index is 1800. The summed E-state index contributed by atoms with van der Waals surface area (Å²) in [5.74, 6) is 0.989. The highest BCUT2D eigenvalue weighted by atomic mass is 32.3. The summed E-state index contributed by atoms with van der Waals surface area (Å²) in [6, 6.07) is 59.2. The molecule has 5 heteroatoms. The molecule has 1 saturated heterocycles. The van der Waals surface area contributed by atoms with E-state index in [-0.39, 0.29) is 18.3 Å². The van der Waals surface area contributed by atoms with Crippen molar-refractivity contribution in [1.82, 2.24) is 4.98 Å². The molecule has 7 rings (SSSR count). The summed E-state index contributed by atoms with van der Waals surface area (Å²) in [7, 11) is -1.50. The molecule has 0 N–H and O–H groups in total. The molecular weight excluding hydrogens is 553 g/mol.